The minimum atomic E-state index is -2.33. The van der Waals surface area contributed by atoms with Crippen LogP contribution in [0.25, 0.3) is 0 Å². The van der Waals surface area contributed by atoms with E-state index in [4.69, 9.17) is 4.43 Å². The summed E-state index contributed by atoms with van der Waals surface area (Å²) in [4.78, 5) is 0. The molecule has 0 aromatic heterocycles. The molecule has 20 heavy (non-hydrogen) atoms. The van der Waals surface area contributed by atoms with Crippen molar-refractivity contribution in [1.82, 2.24) is 0 Å². The molecule has 0 amide bonds. The average molecular weight is 276 g/mol. The maximum absolute atomic E-state index is 5.96. The Morgan fingerprint density at radius 2 is 1.15 bits per heavy atom. The van der Waals surface area contributed by atoms with Crippen molar-refractivity contribution in [3.63, 3.8) is 0 Å². The fraction of sp³-hybridized carbons (Fsp3) is 0.235. The summed E-state index contributed by atoms with van der Waals surface area (Å²) >= 11 is 0. The van der Waals surface area contributed by atoms with Gasteiger partial charge in [0.25, 0.3) is 0 Å². The van der Waals surface area contributed by atoms with Crippen molar-refractivity contribution in [3.05, 3.63) is 67.8 Å². The zero-order chi connectivity index (χ0) is 13.9. The van der Waals surface area contributed by atoms with Gasteiger partial charge in [0.1, 0.15) is 0 Å². The molecule has 0 atom stereocenters. The predicted octanol–water partition coefficient (Wildman–Crippen LogP) is 0.359. The van der Waals surface area contributed by atoms with E-state index in [1.807, 2.05) is 12.1 Å². The molecule has 0 aliphatic carbocycles. The molecule has 0 radical (unpaired) electrons. The van der Waals surface area contributed by atoms with Gasteiger partial charge in [0.15, 0.2) is 0 Å². The summed E-state index contributed by atoms with van der Waals surface area (Å²) in [5, 5.41) is 2.56. The Hall–Kier alpha value is -0.786. The van der Waals surface area contributed by atoms with Crippen LogP contribution in [0.4, 0.5) is 0 Å². The van der Waals surface area contributed by atoms with Gasteiger partial charge < -0.3 is 4.43 Å². The molecule has 2 rings (SSSR count). The van der Waals surface area contributed by atoms with Crippen LogP contribution in [0, 0.1) is 7.11 Å². The molecular formula is C17H21LiOSi. The SMILES string of the molecule is [CH2-]O[Si](c1ccccc1)(c1ccccc1)C(C)(C)C.[Li+]. The molecular weight excluding hydrogens is 255 g/mol. The number of hydrogen-bond acceptors (Lipinski definition) is 1. The van der Waals surface area contributed by atoms with E-state index in [9.17, 15) is 0 Å². The molecule has 0 aliphatic heterocycles. The molecule has 3 heteroatoms. The molecule has 100 valence electrons. The van der Waals surface area contributed by atoms with Crippen LogP contribution in [0.1, 0.15) is 20.8 Å². The maximum atomic E-state index is 5.96. The van der Waals surface area contributed by atoms with Crippen molar-refractivity contribution in [2.24, 2.45) is 0 Å². The van der Waals surface area contributed by atoms with E-state index in [2.05, 4.69) is 76.4 Å². The third-order valence-corrected chi connectivity index (χ3v) is 8.47. The number of hydrogen-bond donors (Lipinski definition) is 0. The van der Waals surface area contributed by atoms with E-state index in [0.29, 0.717) is 0 Å². The molecule has 0 bridgehead atoms. The van der Waals surface area contributed by atoms with Gasteiger partial charge in [-0.2, -0.15) is 0 Å². The van der Waals surface area contributed by atoms with Crippen LogP contribution in [0.5, 0.6) is 0 Å². The molecule has 0 heterocycles. The summed E-state index contributed by atoms with van der Waals surface area (Å²) in [6.45, 7) is 6.72. The summed E-state index contributed by atoms with van der Waals surface area (Å²) in [5.41, 5.74) is 0. The molecule has 0 fully saturated rings. The fourth-order valence-corrected chi connectivity index (χ4v) is 6.92. The summed E-state index contributed by atoms with van der Waals surface area (Å²) < 4.78 is 5.96. The smallest absolute Gasteiger partial charge is 0.589 e. The van der Waals surface area contributed by atoms with E-state index < -0.39 is 8.32 Å². The fourth-order valence-electron chi connectivity index (χ4n) is 2.76. The Kier molecular flexibility index (Phi) is 5.85. The normalized spacial score (nSPS) is 11.8. The van der Waals surface area contributed by atoms with Gasteiger partial charge in [-0.05, 0) is 15.4 Å². The summed E-state index contributed by atoms with van der Waals surface area (Å²) in [7, 11) is 1.50. The van der Waals surface area contributed by atoms with Gasteiger partial charge >= 0.3 is 18.9 Å². The van der Waals surface area contributed by atoms with E-state index in [-0.39, 0.29) is 23.9 Å². The van der Waals surface area contributed by atoms with Crippen molar-refractivity contribution < 1.29 is 23.3 Å². The minimum absolute atomic E-state index is 0. The molecule has 0 unspecified atom stereocenters. The van der Waals surface area contributed by atoms with E-state index in [0.717, 1.165) is 0 Å². The molecule has 0 saturated carbocycles. The van der Waals surface area contributed by atoms with Crippen LogP contribution < -0.4 is 29.2 Å². The second-order valence-electron chi connectivity index (χ2n) is 5.81. The Balaban J connectivity index is 0.00000200. The maximum Gasteiger partial charge on any atom is 1.00 e. The molecule has 0 N–H and O–H groups in total. The van der Waals surface area contributed by atoms with Gasteiger partial charge in [-0.15, -0.1) is 0 Å². The van der Waals surface area contributed by atoms with Gasteiger partial charge in [0.2, 0.25) is 8.32 Å². The zero-order valence-corrected chi connectivity index (χ0v) is 13.9. The first-order valence-electron chi connectivity index (χ1n) is 6.56. The topological polar surface area (TPSA) is 9.23 Å². The van der Waals surface area contributed by atoms with Crippen molar-refractivity contribution in [2.75, 3.05) is 0 Å². The molecule has 1 nitrogen and oxygen atoms in total. The second kappa shape index (κ2) is 6.78. The number of benzene rings is 2. The van der Waals surface area contributed by atoms with Gasteiger partial charge in [-0.25, -0.2) is 7.11 Å². The Morgan fingerprint density at radius 3 is 1.40 bits per heavy atom. The first-order valence-corrected chi connectivity index (χ1v) is 8.47. The van der Waals surface area contributed by atoms with E-state index in [1.165, 1.54) is 10.4 Å². The van der Waals surface area contributed by atoms with Gasteiger partial charge in [0, 0.05) is 0 Å². The number of rotatable bonds is 3. The Bertz CT molecular complexity index is 480. The first-order chi connectivity index (χ1) is 9.02. The van der Waals surface area contributed by atoms with Gasteiger partial charge in [-0.3, -0.25) is 0 Å². The van der Waals surface area contributed by atoms with E-state index in [1.54, 1.807) is 0 Å². The molecule has 2 aromatic rings. The molecule has 0 spiro atoms. The van der Waals surface area contributed by atoms with Crippen molar-refractivity contribution in [2.45, 2.75) is 25.8 Å². The third-order valence-electron chi connectivity index (χ3n) is 3.63. The molecule has 0 saturated heterocycles. The standard InChI is InChI=1S/C17H21OSi.Li/c1-17(2,3)19(18-4,15-11-7-5-8-12-15)16-13-9-6-10-14-16;/h5-14H,4H2,1-3H3;/q-1;+1. The monoisotopic (exact) mass is 276 g/mol. The van der Waals surface area contributed by atoms with Crippen LogP contribution in [0.2, 0.25) is 5.04 Å². The quantitative estimate of drug-likeness (QED) is 0.581. The van der Waals surface area contributed by atoms with E-state index >= 15 is 0 Å². The molecule has 0 aliphatic rings. The van der Waals surface area contributed by atoms with Crippen LogP contribution in [-0.2, 0) is 4.43 Å². The minimum Gasteiger partial charge on any atom is -0.589 e. The summed E-state index contributed by atoms with van der Waals surface area (Å²) in [6, 6.07) is 21.0. The van der Waals surface area contributed by atoms with Crippen LogP contribution in [0.3, 0.4) is 0 Å². The van der Waals surface area contributed by atoms with Crippen LogP contribution >= 0.6 is 0 Å². The van der Waals surface area contributed by atoms with Crippen molar-refractivity contribution in [3.8, 4) is 0 Å². The zero-order valence-electron chi connectivity index (χ0n) is 12.9. The predicted molar refractivity (Wildman–Crippen MR) is 84.1 cm³/mol. The van der Waals surface area contributed by atoms with Crippen LogP contribution in [-0.4, -0.2) is 8.32 Å². The summed E-state index contributed by atoms with van der Waals surface area (Å²) in [5.74, 6) is 0. The Labute approximate surface area is 135 Å². The van der Waals surface area contributed by atoms with Crippen molar-refractivity contribution in [1.29, 1.82) is 0 Å². The van der Waals surface area contributed by atoms with Crippen LogP contribution in [0.15, 0.2) is 60.7 Å². The first kappa shape index (κ1) is 17.3. The third kappa shape index (κ3) is 2.94. The second-order valence-corrected chi connectivity index (χ2v) is 10.1. The van der Waals surface area contributed by atoms with Gasteiger partial charge in [0.05, 0.1) is 0 Å². The van der Waals surface area contributed by atoms with Crippen molar-refractivity contribution >= 4 is 18.7 Å². The average Bonchev–Trinajstić information content (AvgIpc) is 2.41. The largest absolute Gasteiger partial charge is 1.00 e. The Morgan fingerprint density at radius 1 is 0.800 bits per heavy atom. The summed E-state index contributed by atoms with van der Waals surface area (Å²) in [6.07, 6.45) is 0. The molecule has 2 aromatic carbocycles. The van der Waals surface area contributed by atoms with Gasteiger partial charge in [-0.1, -0.05) is 81.4 Å².